The molecule has 1 rings (SSSR count). The minimum atomic E-state index is 0.0703. The number of methoxy groups -OCH3 is 1. The number of pyridine rings is 1. The van der Waals surface area contributed by atoms with E-state index in [1.165, 1.54) is 0 Å². The van der Waals surface area contributed by atoms with Gasteiger partial charge in [-0.15, -0.1) is 0 Å². The van der Waals surface area contributed by atoms with E-state index in [0.29, 0.717) is 17.9 Å². The fraction of sp³-hybridized carbons (Fsp3) is 0.500. The molecule has 0 atom stereocenters. The number of carbonyl (C=O) groups excluding carboxylic acids is 1. The van der Waals surface area contributed by atoms with Crippen LogP contribution in [0.25, 0.3) is 0 Å². The molecule has 0 N–H and O–H groups in total. The fourth-order valence-corrected chi connectivity index (χ4v) is 1.42. The summed E-state index contributed by atoms with van der Waals surface area (Å²) in [6.45, 7) is 2.12. The Morgan fingerprint density at radius 1 is 1.47 bits per heavy atom. The van der Waals surface area contributed by atoms with Crippen LogP contribution in [-0.2, 0) is 0 Å². The standard InChI is InChI=1S/C12H17NO2/c1-3-4-5-7-10(14)12-11(15-2)8-6-9-13-12/h6,8-9H,3-5,7H2,1-2H3. The van der Waals surface area contributed by atoms with Crippen molar-refractivity contribution >= 4 is 5.78 Å². The SMILES string of the molecule is CCCCCC(=O)c1ncccc1OC. The summed E-state index contributed by atoms with van der Waals surface area (Å²) in [5.74, 6) is 0.639. The zero-order valence-electron chi connectivity index (χ0n) is 9.32. The average Bonchev–Trinajstić information content (AvgIpc) is 2.29. The number of hydrogen-bond donors (Lipinski definition) is 0. The van der Waals surface area contributed by atoms with E-state index in [1.54, 1.807) is 25.4 Å². The van der Waals surface area contributed by atoms with E-state index in [-0.39, 0.29) is 5.78 Å². The lowest BCUT2D eigenvalue weighted by Gasteiger charge is -2.05. The quantitative estimate of drug-likeness (QED) is 0.532. The molecule has 1 heterocycles. The van der Waals surface area contributed by atoms with Gasteiger partial charge in [-0.05, 0) is 18.6 Å². The van der Waals surface area contributed by atoms with Crippen molar-refractivity contribution in [2.75, 3.05) is 7.11 Å². The van der Waals surface area contributed by atoms with Gasteiger partial charge in [0.2, 0.25) is 0 Å². The molecule has 82 valence electrons. The fourth-order valence-electron chi connectivity index (χ4n) is 1.42. The molecule has 0 aliphatic carbocycles. The lowest BCUT2D eigenvalue weighted by molar-refractivity contribution is 0.0971. The van der Waals surface area contributed by atoms with E-state index in [4.69, 9.17) is 4.74 Å². The molecule has 0 saturated carbocycles. The van der Waals surface area contributed by atoms with Gasteiger partial charge in [0.25, 0.3) is 0 Å². The number of unbranched alkanes of at least 4 members (excludes halogenated alkanes) is 2. The Morgan fingerprint density at radius 3 is 2.93 bits per heavy atom. The summed E-state index contributed by atoms with van der Waals surface area (Å²) in [4.78, 5) is 15.8. The number of nitrogens with zero attached hydrogens (tertiary/aromatic N) is 1. The van der Waals surface area contributed by atoms with Crippen molar-refractivity contribution in [3.05, 3.63) is 24.0 Å². The van der Waals surface area contributed by atoms with Crippen molar-refractivity contribution < 1.29 is 9.53 Å². The van der Waals surface area contributed by atoms with Crippen LogP contribution in [0.1, 0.15) is 43.1 Å². The van der Waals surface area contributed by atoms with Gasteiger partial charge in [0.05, 0.1) is 7.11 Å². The predicted molar refractivity (Wildman–Crippen MR) is 59.3 cm³/mol. The minimum Gasteiger partial charge on any atom is -0.494 e. The van der Waals surface area contributed by atoms with Gasteiger partial charge in [-0.3, -0.25) is 4.79 Å². The Hall–Kier alpha value is -1.38. The van der Waals surface area contributed by atoms with Crippen LogP contribution < -0.4 is 4.74 Å². The van der Waals surface area contributed by atoms with E-state index in [0.717, 1.165) is 19.3 Å². The topological polar surface area (TPSA) is 39.2 Å². The van der Waals surface area contributed by atoms with Crippen LogP contribution in [0.15, 0.2) is 18.3 Å². The van der Waals surface area contributed by atoms with Crippen molar-refractivity contribution in [2.24, 2.45) is 0 Å². The Balaban J connectivity index is 2.64. The smallest absolute Gasteiger partial charge is 0.184 e. The van der Waals surface area contributed by atoms with Crippen LogP contribution in [0.5, 0.6) is 5.75 Å². The highest BCUT2D eigenvalue weighted by molar-refractivity contribution is 5.96. The Morgan fingerprint density at radius 2 is 2.27 bits per heavy atom. The highest BCUT2D eigenvalue weighted by atomic mass is 16.5. The maximum absolute atomic E-state index is 11.8. The third kappa shape index (κ3) is 3.35. The Kier molecular flexibility index (Phi) is 4.81. The van der Waals surface area contributed by atoms with E-state index in [2.05, 4.69) is 11.9 Å². The van der Waals surface area contributed by atoms with Crippen LogP contribution in [0.3, 0.4) is 0 Å². The van der Waals surface area contributed by atoms with Crippen LogP contribution in [-0.4, -0.2) is 17.9 Å². The predicted octanol–water partition coefficient (Wildman–Crippen LogP) is 2.85. The van der Waals surface area contributed by atoms with Gasteiger partial charge in [0, 0.05) is 12.6 Å². The summed E-state index contributed by atoms with van der Waals surface area (Å²) in [6.07, 6.45) is 5.30. The second-order valence-electron chi connectivity index (χ2n) is 3.43. The molecule has 0 aromatic carbocycles. The van der Waals surface area contributed by atoms with Crippen LogP contribution in [0.4, 0.5) is 0 Å². The van der Waals surface area contributed by atoms with E-state index >= 15 is 0 Å². The van der Waals surface area contributed by atoms with Gasteiger partial charge >= 0.3 is 0 Å². The summed E-state index contributed by atoms with van der Waals surface area (Å²) in [5.41, 5.74) is 0.455. The minimum absolute atomic E-state index is 0.0703. The summed E-state index contributed by atoms with van der Waals surface area (Å²) in [5, 5.41) is 0. The number of rotatable bonds is 6. The highest BCUT2D eigenvalue weighted by Crippen LogP contribution is 2.17. The molecule has 3 nitrogen and oxygen atoms in total. The maximum atomic E-state index is 11.8. The molecule has 0 aliphatic rings. The number of aromatic nitrogens is 1. The third-order valence-electron chi connectivity index (χ3n) is 2.26. The van der Waals surface area contributed by atoms with Crippen molar-refractivity contribution in [1.29, 1.82) is 0 Å². The second kappa shape index (κ2) is 6.17. The first-order valence-electron chi connectivity index (χ1n) is 5.31. The largest absolute Gasteiger partial charge is 0.494 e. The molecule has 0 unspecified atom stereocenters. The molecule has 15 heavy (non-hydrogen) atoms. The van der Waals surface area contributed by atoms with Crippen molar-refractivity contribution in [1.82, 2.24) is 4.98 Å². The lowest BCUT2D eigenvalue weighted by atomic mass is 10.1. The second-order valence-corrected chi connectivity index (χ2v) is 3.43. The van der Waals surface area contributed by atoms with Gasteiger partial charge < -0.3 is 4.74 Å². The van der Waals surface area contributed by atoms with Gasteiger partial charge in [0.15, 0.2) is 5.78 Å². The Bertz CT molecular complexity index is 323. The molecule has 0 amide bonds. The van der Waals surface area contributed by atoms with E-state index < -0.39 is 0 Å². The first kappa shape index (κ1) is 11.7. The zero-order chi connectivity index (χ0) is 11.1. The molecule has 0 spiro atoms. The number of ether oxygens (including phenoxy) is 1. The van der Waals surface area contributed by atoms with Gasteiger partial charge in [-0.25, -0.2) is 4.98 Å². The van der Waals surface area contributed by atoms with Crippen molar-refractivity contribution in [3.63, 3.8) is 0 Å². The molecule has 3 heteroatoms. The van der Waals surface area contributed by atoms with E-state index in [9.17, 15) is 4.79 Å². The first-order valence-corrected chi connectivity index (χ1v) is 5.31. The molecular formula is C12H17NO2. The molecule has 0 bridgehead atoms. The van der Waals surface area contributed by atoms with E-state index in [1.807, 2.05) is 0 Å². The molecule has 0 saturated heterocycles. The van der Waals surface area contributed by atoms with Crippen LogP contribution in [0.2, 0.25) is 0 Å². The molecule has 0 radical (unpaired) electrons. The van der Waals surface area contributed by atoms with Crippen molar-refractivity contribution in [3.8, 4) is 5.75 Å². The molecule has 1 aromatic rings. The number of hydrogen-bond acceptors (Lipinski definition) is 3. The van der Waals surface area contributed by atoms with Gasteiger partial charge in [-0.2, -0.15) is 0 Å². The molecule has 0 fully saturated rings. The van der Waals surface area contributed by atoms with Crippen LogP contribution >= 0.6 is 0 Å². The third-order valence-corrected chi connectivity index (χ3v) is 2.26. The maximum Gasteiger partial charge on any atom is 0.184 e. The van der Waals surface area contributed by atoms with Crippen molar-refractivity contribution in [2.45, 2.75) is 32.6 Å². The number of Topliss-reactive ketones (excluding diaryl/α,β-unsaturated/α-hetero) is 1. The Labute approximate surface area is 90.5 Å². The van der Waals surface area contributed by atoms with Gasteiger partial charge in [0.1, 0.15) is 11.4 Å². The normalized spacial score (nSPS) is 10.0. The number of carbonyl (C=O) groups is 1. The van der Waals surface area contributed by atoms with Crippen LogP contribution in [0, 0.1) is 0 Å². The molecular weight excluding hydrogens is 190 g/mol. The summed E-state index contributed by atoms with van der Waals surface area (Å²) in [6, 6.07) is 3.53. The van der Waals surface area contributed by atoms with Gasteiger partial charge in [-0.1, -0.05) is 19.8 Å². The molecule has 0 aliphatic heterocycles. The first-order chi connectivity index (χ1) is 7.29. The number of ketones is 1. The lowest BCUT2D eigenvalue weighted by Crippen LogP contribution is -2.04. The highest BCUT2D eigenvalue weighted by Gasteiger charge is 2.12. The summed E-state index contributed by atoms with van der Waals surface area (Å²) in [7, 11) is 1.56. The zero-order valence-corrected chi connectivity index (χ0v) is 9.32. The molecule has 1 aromatic heterocycles. The summed E-state index contributed by atoms with van der Waals surface area (Å²) >= 11 is 0. The summed E-state index contributed by atoms with van der Waals surface area (Å²) < 4.78 is 5.09. The average molecular weight is 207 g/mol. The monoisotopic (exact) mass is 207 g/mol.